The highest BCUT2D eigenvalue weighted by atomic mass is 16.3. The van der Waals surface area contributed by atoms with E-state index in [1.165, 1.54) is 12.8 Å². The maximum atomic E-state index is 12.5. The van der Waals surface area contributed by atoms with Crippen LogP contribution in [-0.2, 0) is 4.79 Å². The van der Waals surface area contributed by atoms with Crippen molar-refractivity contribution >= 4 is 5.91 Å². The van der Waals surface area contributed by atoms with Crippen molar-refractivity contribution in [2.75, 3.05) is 26.7 Å². The Morgan fingerprint density at radius 2 is 1.95 bits per heavy atom. The fourth-order valence-electron chi connectivity index (χ4n) is 3.70. The Balaban J connectivity index is 1.91. The molecule has 0 bridgehead atoms. The van der Waals surface area contributed by atoms with Crippen LogP contribution in [0, 0.1) is 5.92 Å². The van der Waals surface area contributed by atoms with Crippen molar-refractivity contribution in [1.29, 1.82) is 0 Å². The highest BCUT2D eigenvalue weighted by Gasteiger charge is 2.42. The van der Waals surface area contributed by atoms with E-state index in [0.29, 0.717) is 19.0 Å². The number of nitrogens with zero attached hydrogens (tertiary/aromatic N) is 2. The summed E-state index contributed by atoms with van der Waals surface area (Å²) in [5.74, 6) is 0.875. The molecule has 1 aliphatic carbocycles. The zero-order valence-corrected chi connectivity index (χ0v) is 13.6. The summed E-state index contributed by atoms with van der Waals surface area (Å²) >= 11 is 0. The van der Waals surface area contributed by atoms with Crippen molar-refractivity contribution in [2.45, 2.75) is 63.6 Å². The number of likely N-dealkylation sites (tertiary alicyclic amines) is 1. The molecule has 2 fully saturated rings. The van der Waals surface area contributed by atoms with Gasteiger partial charge in [-0.1, -0.05) is 6.92 Å². The number of carbonyl (C=O) groups is 1. The zero-order chi connectivity index (χ0) is 15.6. The van der Waals surface area contributed by atoms with E-state index in [1.807, 2.05) is 23.8 Å². The van der Waals surface area contributed by atoms with Crippen LogP contribution >= 0.6 is 0 Å². The van der Waals surface area contributed by atoms with Gasteiger partial charge in [0.25, 0.3) is 0 Å². The molecule has 1 amide bonds. The van der Waals surface area contributed by atoms with E-state index in [4.69, 9.17) is 0 Å². The molecule has 1 aliphatic heterocycles. The second kappa shape index (κ2) is 6.63. The second-order valence-electron chi connectivity index (χ2n) is 7.31. The topological polar surface area (TPSA) is 64.0 Å². The van der Waals surface area contributed by atoms with Crippen LogP contribution in [0.5, 0.6) is 0 Å². The Labute approximate surface area is 127 Å². The molecule has 2 rings (SSSR count). The van der Waals surface area contributed by atoms with Gasteiger partial charge in [0.05, 0.1) is 19.3 Å². The van der Waals surface area contributed by atoms with Crippen molar-refractivity contribution in [3.05, 3.63) is 0 Å². The van der Waals surface area contributed by atoms with Gasteiger partial charge < -0.3 is 15.1 Å². The monoisotopic (exact) mass is 298 g/mol. The van der Waals surface area contributed by atoms with Gasteiger partial charge in [-0.25, -0.2) is 0 Å². The minimum absolute atomic E-state index is 0.0258. The molecule has 0 radical (unpaired) electrons. The molecule has 0 unspecified atom stereocenters. The number of aliphatic hydroxyl groups is 2. The van der Waals surface area contributed by atoms with E-state index in [0.717, 1.165) is 18.8 Å². The van der Waals surface area contributed by atoms with Crippen LogP contribution in [0.1, 0.15) is 46.0 Å². The molecule has 2 aliphatic rings. The van der Waals surface area contributed by atoms with Crippen LogP contribution in [0.4, 0.5) is 0 Å². The molecule has 1 heterocycles. The Hall–Kier alpha value is -0.650. The maximum absolute atomic E-state index is 12.5. The van der Waals surface area contributed by atoms with Gasteiger partial charge in [-0.3, -0.25) is 9.69 Å². The van der Waals surface area contributed by atoms with Gasteiger partial charge in [0.1, 0.15) is 0 Å². The molecule has 2 N–H and O–H groups in total. The van der Waals surface area contributed by atoms with Gasteiger partial charge in [-0.05, 0) is 44.9 Å². The largest absolute Gasteiger partial charge is 0.394 e. The normalized spacial score (nSPS) is 37.7. The first-order chi connectivity index (χ1) is 9.85. The molecule has 0 aromatic carbocycles. The summed E-state index contributed by atoms with van der Waals surface area (Å²) in [6, 6.07) is 0.349. The quantitative estimate of drug-likeness (QED) is 0.807. The number of β-amino-alcohol motifs (C(OH)–C–C–N with tert-alkyl or cyclic N) is 1. The minimum atomic E-state index is -0.475. The third-order valence-electron chi connectivity index (χ3n) is 5.46. The predicted octanol–water partition coefficient (Wildman–Crippen LogP) is 0.841. The standard InChI is InChI=1S/C16H30N2O3/c1-12-4-6-13(7-5-12)17(3)15(21)10-18-9-14(20)8-16(18,2)11-19/h12-14,19-20H,4-11H2,1-3H3/t12?,13?,14-,16-/m0/s1. The predicted molar refractivity (Wildman–Crippen MR) is 81.9 cm³/mol. The van der Waals surface area contributed by atoms with E-state index in [9.17, 15) is 15.0 Å². The highest BCUT2D eigenvalue weighted by molar-refractivity contribution is 5.78. The van der Waals surface area contributed by atoms with Crippen LogP contribution in [0.3, 0.4) is 0 Å². The molecule has 2 atom stereocenters. The van der Waals surface area contributed by atoms with E-state index in [-0.39, 0.29) is 19.1 Å². The van der Waals surface area contributed by atoms with Crippen LogP contribution in [0.25, 0.3) is 0 Å². The summed E-state index contributed by atoms with van der Waals surface area (Å²) in [4.78, 5) is 16.3. The number of hydrogen-bond donors (Lipinski definition) is 2. The van der Waals surface area contributed by atoms with Crippen LogP contribution in [0.2, 0.25) is 0 Å². The first kappa shape index (κ1) is 16.7. The molecule has 21 heavy (non-hydrogen) atoms. The van der Waals surface area contributed by atoms with E-state index in [1.54, 1.807) is 0 Å². The summed E-state index contributed by atoms with van der Waals surface area (Å²) in [5.41, 5.74) is -0.475. The number of aliphatic hydroxyl groups excluding tert-OH is 2. The Bertz CT molecular complexity index is 369. The van der Waals surface area contributed by atoms with Gasteiger partial charge in [0, 0.05) is 25.2 Å². The van der Waals surface area contributed by atoms with E-state index < -0.39 is 11.6 Å². The molecule has 1 saturated heterocycles. The first-order valence-electron chi connectivity index (χ1n) is 8.15. The first-order valence-corrected chi connectivity index (χ1v) is 8.15. The zero-order valence-electron chi connectivity index (χ0n) is 13.6. The van der Waals surface area contributed by atoms with Gasteiger partial charge in [0.2, 0.25) is 5.91 Å². The van der Waals surface area contributed by atoms with Gasteiger partial charge >= 0.3 is 0 Å². The summed E-state index contributed by atoms with van der Waals surface area (Å²) < 4.78 is 0. The fraction of sp³-hybridized carbons (Fsp3) is 0.938. The summed E-state index contributed by atoms with van der Waals surface area (Å²) in [7, 11) is 1.89. The second-order valence-corrected chi connectivity index (χ2v) is 7.31. The molecule has 122 valence electrons. The SMILES string of the molecule is CC1CCC(N(C)C(=O)CN2C[C@@H](O)C[C@@]2(C)CO)CC1. The Kier molecular flexibility index (Phi) is 5.28. The molecule has 5 heteroatoms. The maximum Gasteiger partial charge on any atom is 0.236 e. The average molecular weight is 298 g/mol. The lowest BCUT2D eigenvalue weighted by atomic mass is 9.87. The smallest absolute Gasteiger partial charge is 0.236 e. The third-order valence-corrected chi connectivity index (χ3v) is 5.46. The molecular formula is C16H30N2O3. The lowest BCUT2D eigenvalue weighted by molar-refractivity contribution is -0.135. The van der Waals surface area contributed by atoms with Crippen molar-refractivity contribution < 1.29 is 15.0 Å². The van der Waals surface area contributed by atoms with Crippen LogP contribution in [-0.4, -0.2) is 70.3 Å². The number of rotatable bonds is 4. The summed E-state index contributed by atoms with van der Waals surface area (Å²) in [6.07, 6.45) is 4.64. The average Bonchev–Trinajstić information content (AvgIpc) is 2.74. The number of hydrogen-bond acceptors (Lipinski definition) is 4. The third kappa shape index (κ3) is 3.76. The summed E-state index contributed by atoms with van der Waals surface area (Å²) in [5, 5.41) is 19.4. The molecule has 5 nitrogen and oxygen atoms in total. The highest BCUT2D eigenvalue weighted by Crippen LogP contribution is 2.30. The van der Waals surface area contributed by atoms with Crippen LogP contribution < -0.4 is 0 Å². The van der Waals surface area contributed by atoms with Crippen molar-refractivity contribution in [3.8, 4) is 0 Å². The lowest BCUT2D eigenvalue weighted by Crippen LogP contribution is -2.51. The molecule has 0 aromatic heterocycles. The molecule has 1 saturated carbocycles. The molecule has 0 aromatic rings. The summed E-state index contributed by atoms with van der Waals surface area (Å²) in [6.45, 7) is 4.92. The van der Waals surface area contributed by atoms with Crippen molar-refractivity contribution in [3.63, 3.8) is 0 Å². The van der Waals surface area contributed by atoms with Gasteiger partial charge in [-0.2, -0.15) is 0 Å². The fourth-order valence-corrected chi connectivity index (χ4v) is 3.70. The van der Waals surface area contributed by atoms with E-state index >= 15 is 0 Å². The molecular weight excluding hydrogens is 268 g/mol. The van der Waals surface area contributed by atoms with Crippen molar-refractivity contribution in [2.24, 2.45) is 5.92 Å². The number of likely N-dealkylation sites (N-methyl/N-ethyl adjacent to an activating group) is 1. The van der Waals surface area contributed by atoms with Crippen LogP contribution in [0.15, 0.2) is 0 Å². The molecule has 0 spiro atoms. The number of amides is 1. The minimum Gasteiger partial charge on any atom is -0.394 e. The Morgan fingerprint density at radius 1 is 1.33 bits per heavy atom. The number of carbonyl (C=O) groups excluding carboxylic acids is 1. The van der Waals surface area contributed by atoms with Gasteiger partial charge in [0.15, 0.2) is 0 Å². The Morgan fingerprint density at radius 3 is 2.52 bits per heavy atom. The lowest BCUT2D eigenvalue weighted by Gasteiger charge is -2.37. The van der Waals surface area contributed by atoms with Gasteiger partial charge in [-0.15, -0.1) is 0 Å². The van der Waals surface area contributed by atoms with Crippen molar-refractivity contribution in [1.82, 2.24) is 9.80 Å². The van der Waals surface area contributed by atoms with E-state index in [2.05, 4.69) is 6.92 Å².